The summed E-state index contributed by atoms with van der Waals surface area (Å²) in [7, 11) is 3.68. The van der Waals surface area contributed by atoms with E-state index in [4.69, 9.17) is 0 Å². The van der Waals surface area contributed by atoms with Gasteiger partial charge >= 0.3 is 0 Å². The molecule has 0 atom stereocenters. The molecule has 3 nitrogen and oxygen atoms in total. The molecule has 16 heavy (non-hydrogen) atoms. The van der Waals surface area contributed by atoms with Crippen LogP contribution in [0.5, 0.6) is 0 Å². The van der Waals surface area contributed by atoms with Crippen LogP contribution in [0.25, 0.3) is 10.9 Å². The number of anilines is 1. The Bertz CT molecular complexity index is 544. The fourth-order valence-corrected chi connectivity index (χ4v) is 1.62. The van der Waals surface area contributed by atoms with Gasteiger partial charge in [-0.15, -0.1) is 0 Å². The summed E-state index contributed by atoms with van der Waals surface area (Å²) in [5, 5.41) is 4.17. The molecule has 3 heteroatoms. The standard InChI is InChI=1S/C13H15N3/c1-9(14-2)10-4-6-12-11(8-10)5-7-13(15-3)16-12/h4-8H,1-3H3,(H,15,16). The number of fused-ring (bicyclic) bond motifs is 1. The van der Waals surface area contributed by atoms with Gasteiger partial charge in [0.05, 0.1) is 5.52 Å². The van der Waals surface area contributed by atoms with Crippen LogP contribution >= 0.6 is 0 Å². The minimum Gasteiger partial charge on any atom is -0.373 e. The topological polar surface area (TPSA) is 37.3 Å². The average molecular weight is 213 g/mol. The van der Waals surface area contributed by atoms with Gasteiger partial charge in [0.1, 0.15) is 5.82 Å². The first-order valence-electron chi connectivity index (χ1n) is 5.27. The number of aromatic nitrogens is 1. The zero-order valence-electron chi connectivity index (χ0n) is 9.78. The molecule has 0 saturated heterocycles. The molecule has 1 heterocycles. The van der Waals surface area contributed by atoms with Crippen molar-refractivity contribution in [3.05, 3.63) is 35.9 Å². The fourth-order valence-electron chi connectivity index (χ4n) is 1.62. The van der Waals surface area contributed by atoms with Crippen LogP contribution in [0.15, 0.2) is 35.3 Å². The number of pyridine rings is 1. The van der Waals surface area contributed by atoms with Crippen molar-refractivity contribution in [1.82, 2.24) is 4.98 Å². The lowest BCUT2D eigenvalue weighted by Gasteiger charge is -2.04. The molecular weight excluding hydrogens is 198 g/mol. The van der Waals surface area contributed by atoms with Gasteiger partial charge in [0.15, 0.2) is 0 Å². The van der Waals surface area contributed by atoms with E-state index in [1.165, 1.54) is 0 Å². The maximum Gasteiger partial charge on any atom is 0.126 e. The predicted octanol–water partition coefficient (Wildman–Crippen LogP) is 2.72. The highest BCUT2D eigenvalue weighted by Gasteiger charge is 2.00. The molecule has 0 spiro atoms. The normalized spacial score (nSPS) is 11.8. The van der Waals surface area contributed by atoms with Crippen molar-refractivity contribution >= 4 is 22.4 Å². The number of nitrogens with one attached hydrogen (secondary N) is 1. The molecule has 1 aromatic heterocycles. The summed E-state index contributed by atoms with van der Waals surface area (Å²) in [6.45, 7) is 2.01. The van der Waals surface area contributed by atoms with Gasteiger partial charge < -0.3 is 5.32 Å². The van der Waals surface area contributed by atoms with Gasteiger partial charge in [-0.2, -0.15) is 0 Å². The van der Waals surface area contributed by atoms with Crippen LogP contribution in [0.3, 0.4) is 0 Å². The monoisotopic (exact) mass is 213 g/mol. The van der Waals surface area contributed by atoms with E-state index in [2.05, 4.69) is 33.5 Å². The quantitative estimate of drug-likeness (QED) is 0.779. The number of benzene rings is 1. The minimum atomic E-state index is 0.890. The third-order valence-electron chi connectivity index (χ3n) is 2.70. The molecule has 2 rings (SSSR count). The largest absolute Gasteiger partial charge is 0.373 e. The number of aliphatic imine (C=N–C) groups is 1. The molecule has 0 fully saturated rings. The molecule has 0 amide bonds. The smallest absolute Gasteiger partial charge is 0.126 e. The van der Waals surface area contributed by atoms with E-state index < -0.39 is 0 Å². The first kappa shape index (κ1) is 10.6. The number of hydrogen-bond acceptors (Lipinski definition) is 3. The van der Waals surface area contributed by atoms with Crippen molar-refractivity contribution in [2.45, 2.75) is 6.92 Å². The zero-order valence-corrected chi connectivity index (χ0v) is 9.78. The van der Waals surface area contributed by atoms with Crippen LogP contribution in [-0.2, 0) is 0 Å². The molecule has 0 aliphatic rings. The Labute approximate surface area is 95.2 Å². The van der Waals surface area contributed by atoms with E-state index in [1.807, 2.05) is 33.2 Å². The third-order valence-corrected chi connectivity index (χ3v) is 2.70. The van der Waals surface area contributed by atoms with E-state index in [0.717, 1.165) is 28.0 Å². The second-order valence-electron chi connectivity index (χ2n) is 3.66. The van der Waals surface area contributed by atoms with Gasteiger partial charge in [-0.1, -0.05) is 6.07 Å². The Morgan fingerprint density at radius 2 is 2.06 bits per heavy atom. The van der Waals surface area contributed by atoms with Crippen molar-refractivity contribution in [3.8, 4) is 0 Å². The highest BCUT2D eigenvalue weighted by Crippen LogP contribution is 2.17. The molecule has 1 N–H and O–H groups in total. The highest BCUT2D eigenvalue weighted by molar-refractivity contribution is 6.01. The predicted molar refractivity (Wildman–Crippen MR) is 69.4 cm³/mol. The first-order chi connectivity index (χ1) is 7.74. The second-order valence-corrected chi connectivity index (χ2v) is 3.66. The second kappa shape index (κ2) is 4.31. The number of hydrogen-bond donors (Lipinski definition) is 1. The molecule has 0 aliphatic carbocycles. The van der Waals surface area contributed by atoms with Gasteiger partial charge in [-0.25, -0.2) is 4.98 Å². The van der Waals surface area contributed by atoms with Gasteiger partial charge in [0.2, 0.25) is 0 Å². The van der Waals surface area contributed by atoms with Crippen molar-refractivity contribution in [1.29, 1.82) is 0 Å². The molecule has 0 saturated carbocycles. The average Bonchev–Trinajstić information content (AvgIpc) is 2.36. The Balaban J connectivity index is 2.56. The molecule has 1 aromatic carbocycles. The van der Waals surface area contributed by atoms with Crippen LogP contribution in [0, 0.1) is 0 Å². The number of nitrogens with zero attached hydrogens (tertiary/aromatic N) is 2. The van der Waals surface area contributed by atoms with E-state index in [1.54, 1.807) is 0 Å². The molecule has 0 bridgehead atoms. The number of rotatable bonds is 2. The first-order valence-corrected chi connectivity index (χ1v) is 5.27. The molecule has 0 radical (unpaired) electrons. The molecule has 0 aliphatic heterocycles. The van der Waals surface area contributed by atoms with E-state index in [0.29, 0.717) is 0 Å². The van der Waals surface area contributed by atoms with Crippen molar-refractivity contribution in [3.63, 3.8) is 0 Å². The van der Waals surface area contributed by atoms with Crippen LogP contribution in [-0.4, -0.2) is 24.8 Å². The van der Waals surface area contributed by atoms with Gasteiger partial charge in [0, 0.05) is 25.2 Å². The summed E-state index contributed by atoms with van der Waals surface area (Å²) in [6.07, 6.45) is 0. The highest BCUT2D eigenvalue weighted by atomic mass is 15.0. The lowest BCUT2D eigenvalue weighted by molar-refractivity contribution is 1.34. The zero-order chi connectivity index (χ0) is 11.5. The maximum absolute atomic E-state index is 4.47. The summed E-state index contributed by atoms with van der Waals surface area (Å²) in [5.74, 6) is 0.890. The summed E-state index contributed by atoms with van der Waals surface area (Å²) >= 11 is 0. The van der Waals surface area contributed by atoms with Crippen LogP contribution in [0.1, 0.15) is 12.5 Å². The van der Waals surface area contributed by atoms with Crippen molar-refractivity contribution in [2.24, 2.45) is 4.99 Å². The van der Waals surface area contributed by atoms with Crippen LogP contribution in [0.4, 0.5) is 5.82 Å². The van der Waals surface area contributed by atoms with Gasteiger partial charge in [0.25, 0.3) is 0 Å². The molecular formula is C13H15N3. The fraction of sp³-hybridized carbons (Fsp3) is 0.231. The van der Waals surface area contributed by atoms with E-state index >= 15 is 0 Å². The van der Waals surface area contributed by atoms with E-state index in [-0.39, 0.29) is 0 Å². The summed E-state index contributed by atoms with van der Waals surface area (Å²) in [6, 6.07) is 10.2. The van der Waals surface area contributed by atoms with Gasteiger partial charge in [-0.3, -0.25) is 4.99 Å². The Hall–Kier alpha value is -1.90. The van der Waals surface area contributed by atoms with E-state index in [9.17, 15) is 0 Å². The van der Waals surface area contributed by atoms with Gasteiger partial charge in [-0.05, 0) is 36.8 Å². The Kier molecular flexibility index (Phi) is 2.86. The molecule has 82 valence electrons. The van der Waals surface area contributed by atoms with Crippen LogP contribution < -0.4 is 5.32 Å². The lowest BCUT2D eigenvalue weighted by Crippen LogP contribution is -1.95. The minimum absolute atomic E-state index is 0.890. The SMILES string of the molecule is CN=C(C)c1ccc2nc(NC)ccc2c1. The molecule has 2 aromatic rings. The molecule has 0 unspecified atom stereocenters. The third kappa shape index (κ3) is 1.89. The van der Waals surface area contributed by atoms with Crippen LogP contribution in [0.2, 0.25) is 0 Å². The summed E-state index contributed by atoms with van der Waals surface area (Å²) in [5.41, 5.74) is 3.19. The lowest BCUT2D eigenvalue weighted by atomic mass is 10.1. The Morgan fingerprint density at radius 1 is 1.25 bits per heavy atom. The summed E-state index contributed by atoms with van der Waals surface area (Å²) < 4.78 is 0. The van der Waals surface area contributed by atoms with Crippen molar-refractivity contribution < 1.29 is 0 Å². The summed E-state index contributed by atoms with van der Waals surface area (Å²) in [4.78, 5) is 8.65. The maximum atomic E-state index is 4.47. The Morgan fingerprint density at radius 3 is 2.75 bits per heavy atom. The van der Waals surface area contributed by atoms with Crippen molar-refractivity contribution in [2.75, 3.05) is 19.4 Å².